The van der Waals surface area contributed by atoms with E-state index in [9.17, 15) is 0 Å². The smallest absolute Gasteiger partial charge is 0.0558 e. The van der Waals surface area contributed by atoms with Gasteiger partial charge in [0.25, 0.3) is 0 Å². The lowest BCUT2D eigenvalue weighted by molar-refractivity contribution is 0.147. The van der Waals surface area contributed by atoms with Gasteiger partial charge in [-0.25, -0.2) is 0 Å². The summed E-state index contributed by atoms with van der Waals surface area (Å²) in [5, 5.41) is 14.6. The second kappa shape index (κ2) is 7.89. The number of nitrogens with zero attached hydrogens (tertiary/aromatic N) is 1. The van der Waals surface area contributed by atoms with Gasteiger partial charge in [-0.1, -0.05) is 6.07 Å². The Hall–Kier alpha value is -0.420. The molecule has 1 saturated heterocycles. The van der Waals surface area contributed by atoms with Crippen LogP contribution in [0.5, 0.6) is 0 Å². The van der Waals surface area contributed by atoms with Crippen LogP contribution in [0.3, 0.4) is 0 Å². The van der Waals surface area contributed by atoms with E-state index >= 15 is 0 Å². The van der Waals surface area contributed by atoms with Gasteiger partial charge in [0, 0.05) is 11.4 Å². The monoisotopic (exact) mass is 268 g/mol. The molecule has 2 rings (SSSR count). The number of piperidine rings is 1. The number of thiophene rings is 1. The third-order valence-electron chi connectivity index (χ3n) is 3.68. The first-order chi connectivity index (χ1) is 8.88. The van der Waals surface area contributed by atoms with Crippen molar-refractivity contribution in [1.29, 1.82) is 0 Å². The third kappa shape index (κ3) is 4.69. The van der Waals surface area contributed by atoms with Gasteiger partial charge in [0.05, 0.1) is 6.61 Å². The van der Waals surface area contributed by atoms with E-state index in [1.807, 2.05) is 11.3 Å². The first-order valence-corrected chi connectivity index (χ1v) is 7.83. The van der Waals surface area contributed by atoms with Crippen LogP contribution < -0.4 is 5.32 Å². The average molecular weight is 268 g/mol. The molecule has 1 aliphatic rings. The van der Waals surface area contributed by atoms with Crippen LogP contribution >= 0.6 is 11.3 Å². The van der Waals surface area contributed by atoms with Crippen molar-refractivity contribution in [3.63, 3.8) is 0 Å². The summed E-state index contributed by atoms with van der Waals surface area (Å²) < 4.78 is 0. The number of aliphatic hydroxyl groups excluding tert-OH is 1. The fraction of sp³-hybridized carbons (Fsp3) is 0.714. The maximum Gasteiger partial charge on any atom is 0.0558 e. The Morgan fingerprint density at radius 2 is 2.22 bits per heavy atom. The predicted molar refractivity (Wildman–Crippen MR) is 77.1 cm³/mol. The van der Waals surface area contributed by atoms with E-state index in [0.29, 0.717) is 6.61 Å². The first kappa shape index (κ1) is 14.0. The second-order valence-electron chi connectivity index (χ2n) is 5.04. The van der Waals surface area contributed by atoms with Gasteiger partial charge < -0.3 is 15.3 Å². The van der Waals surface area contributed by atoms with Gasteiger partial charge in [0.1, 0.15) is 0 Å². The van der Waals surface area contributed by atoms with Crippen molar-refractivity contribution in [3.8, 4) is 0 Å². The van der Waals surface area contributed by atoms with Crippen molar-refractivity contribution in [2.75, 3.05) is 39.3 Å². The van der Waals surface area contributed by atoms with E-state index in [4.69, 9.17) is 5.11 Å². The molecule has 0 unspecified atom stereocenters. The standard InChI is InChI=1S/C14H24N2OS/c17-10-9-16-7-4-13(5-8-16)12-15-6-3-14-2-1-11-18-14/h1-2,11,13,15,17H,3-10,12H2. The van der Waals surface area contributed by atoms with E-state index in [-0.39, 0.29) is 0 Å². The molecule has 0 amide bonds. The lowest BCUT2D eigenvalue weighted by atomic mass is 9.97. The number of nitrogens with one attached hydrogen (secondary N) is 1. The van der Waals surface area contributed by atoms with E-state index in [0.717, 1.165) is 45.1 Å². The van der Waals surface area contributed by atoms with Crippen LogP contribution in [0.2, 0.25) is 0 Å². The fourth-order valence-corrected chi connectivity index (χ4v) is 3.24. The molecule has 0 radical (unpaired) electrons. The van der Waals surface area contributed by atoms with E-state index < -0.39 is 0 Å². The lowest BCUT2D eigenvalue weighted by Gasteiger charge is -2.31. The Kier molecular flexibility index (Phi) is 6.14. The maximum absolute atomic E-state index is 8.90. The second-order valence-corrected chi connectivity index (χ2v) is 6.07. The first-order valence-electron chi connectivity index (χ1n) is 6.95. The molecule has 0 aromatic carbocycles. The quantitative estimate of drug-likeness (QED) is 0.737. The molecule has 1 fully saturated rings. The van der Waals surface area contributed by atoms with Crippen molar-refractivity contribution in [1.82, 2.24) is 10.2 Å². The molecule has 1 aromatic rings. The van der Waals surface area contributed by atoms with Crippen molar-refractivity contribution in [3.05, 3.63) is 22.4 Å². The van der Waals surface area contributed by atoms with Crippen LogP contribution in [-0.2, 0) is 6.42 Å². The van der Waals surface area contributed by atoms with Crippen LogP contribution in [0.15, 0.2) is 17.5 Å². The molecule has 1 aromatic heterocycles. The molecular weight excluding hydrogens is 244 g/mol. The van der Waals surface area contributed by atoms with Gasteiger partial charge in [0.2, 0.25) is 0 Å². The molecule has 4 heteroatoms. The normalized spacial score (nSPS) is 18.3. The predicted octanol–water partition coefficient (Wildman–Crippen LogP) is 1.58. The summed E-state index contributed by atoms with van der Waals surface area (Å²) in [4.78, 5) is 3.84. The van der Waals surface area contributed by atoms with E-state index in [1.54, 1.807) is 0 Å². The van der Waals surface area contributed by atoms with Crippen LogP contribution in [0.1, 0.15) is 17.7 Å². The lowest BCUT2D eigenvalue weighted by Crippen LogP contribution is -2.38. The zero-order valence-electron chi connectivity index (χ0n) is 11.0. The number of likely N-dealkylation sites (tertiary alicyclic amines) is 1. The minimum Gasteiger partial charge on any atom is -0.395 e. The van der Waals surface area contributed by atoms with Gasteiger partial charge in [-0.3, -0.25) is 0 Å². The van der Waals surface area contributed by atoms with Crippen LogP contribution in [0.4, 0.5) is 0 Å². The largest absolute Gasteiger partial charge is 0.395 e. The minimum absolute atomic E-state index is 0.295. The van der Waals surface area contributed by atoms with Crippen molar-refractivity contribution in [2.24, 2.45) is 5.92 Å². The zero-order valence-corrected chi connectivity index (χ0v) is 11.8. The Bertz CT molecular complexity index is 308. The molecule has 2 N–H and O–H groups in total. The van der Waals surface area contributed by atoms with Gasteiger partial charge in [-0.2, -0.15) is 0 Å². The molecule has 0 saturated carbocycles. The van der Waals surface area contributed by atoms with Crippen LogP contribution in [-0.4, -0.2) is 49.3 Å². The van der Waals surface area contributed by atoms with Crippen molar-refractivity contribution >= 4 is 11.3 Å². The molecule has 0 spiro atoms. The van der Waals surface area contributed by atoms with Crippen molar-refractivity contribution in [2.45, 2.75) is 19.3 Å². The number of hydrogen-bond donors (Lipinski definition) is 2. The number of rotatable bonds is 7. The zero-order chi connectivity index (χ0) is 12.6. The number of aliphatic hydroxyl groups is 1. The molecule has 102 valence electrons. The fourth-order valence-electron chi connectivity index (χ4n) is 2.53. The Morgan fingerprint density at radius 1 is 1.39 bits per heavy atom. The Balaban J connectivity index is 1.53. The van der Waals surface area contributed by atoms with Crippen LogP contribution in [0.25, 0.3) is 0 Å². The van der Waals surface area contributed by atoms with Crippen molar-refractivity contribution < 1.29 is 5.11 Å². The molecule has 2 heterocycles. The summed E-state index contributed by atoms with van der Waals surface area (Å²) in [6, 6.07) is 4.33. The summed E-state index contributed by atoms with van der Waals surface area (Å²) in [5.41, 5.74) is 0. The minimum atomic E-state index is 0.295. The highest BCUT2D eigenvalue weighted by Crippen LogP contribution is 2.16. The maximum atomic E-state index is 8.90. The summed E-state index contributed by atoms with van der Waals surface area (Å²) in [6.45, 7) is 5.69. The van der Waals surface area contributed by atoms with Gasteiger partial charge >= 0.3 is 0 Å². The van der Waals surface area contributed by atoms with E-state index in [1.165, 1.54) is 17.7 Å². The topological polar surface area (TPSA) is 35.5 Å². The molecule has 0 aliphatic carbocycles. The molecule has 18 heavy (non-hydrogen) atoms. The molecule has 1 aliphatic heterocycles. The number of β-amino-alcohol motifs (C(OH)–C–C–N with tert-alkyl or cyclic N) is 1. The number of hydrogen-bond acceptors (Lipinski definition) is 4. The third-order valence-corrected chi connectivity index (χ3v) is 4.62. The molecular formula is C14H24N2OS. The summed E-state index contributed by atoms with van der Waals surface area (Å²) in [6.07, 6.45) is 3.69. The van der Waals surface area contributed by atoms with Gasteiger partial charge in [-0.15, -0.1) is 11.3 Å². The Morgan fingerprint density at radius 3 is 2.89 bits per heavy atom. The highest BCUT2D eigenvalue weighted by Gasteiger charge is 2.17. The molecule has 3 nitrogen and oxygen atoms in total. The average Bonchev–Trinajstić information content (AvgIpc) is 2.90. The van der Waals surface area contributed by atoms with Gasteiger partial charge in [-0.05, 0) is 62.8 Å². The summed E-state index contributed by atoms with van der Waals surface area (Å²) in [5.74, 6) is 0.822. The molecule has 0 atom stereocenters. The summed E-state index contributed by atoms with van der Waals surface area (Å²) in [7, 11) is 0. The SMILES string of the molecule is OCCN1CCC(CNCCc2cccs2)CC1. The highest BCUT2D eigenvalue weighted by molar-refractivity contribution is 7.09. The Labute approximate surface area is 114 Å². The summed E-state index contributed by atoms with van der Waals surface area (Å²) >= 11 is 1.84. The van der Waals surface area contributed by atoms with E-state index in [2.05, 4.69) is 27.7 Å². The molecule has 0 bridgehead atoms. The highest BCUT2D eigenvalue weighted by atomic mass is 32.1. The van der Waals surface area contributed by atoms with Crippen LogP contribution in [0, 0.1) is 5.92 Å². The van der Waals surface area contributed by atoms with Gasteiger partial charge in [0.15, 0.2) is 0 Å².